The van der Waals surface area contributed by atoms with Gasteiger partial charge < -0.3 is 9.80 Å². The summed E-state index contributed by atoms with van der Waals surface area (Å²) in [6.45, 7) is 2.21. The molecule has 140 valence electrons. The summed E-state index contributed by atoms with van der Waals surface area (Å²) >= 11 is 0. The topological polar surface area (TPSA) is 40.6 Å². The number of likely N-dealkylation sites (tertiary alicyclic amines) is 1. The van der Waals surface area contributed by atoms with Crippen LogP contribution in [0.5, 0.6) is 0 Å². The first kappa shape index (κ1) is 17.7. The van der Waals surface area contributed by atoms with E-state index < -0.39 is 0 Å². The maximum atomic E-state index is 13.8. The fraction of sp³-hybridized carbons (Fsp3) is 0.364. The van der Waals surface area contributed by atoms with Crippen LogP contribution >= 0.6 is 0 Å². The molecule has 0 saturated carbocycles. The number of halogens is 1. The molecule has 2 aromatic rings. The van der Waals surface area contributed by atoms with E-state index in [0.29, 0.717) is 38.2 Å². The summed E-state index contributed by atoms with van der Waals surface area (Å²) in [6, 6.07) is 14.8. The van der Waals surface area contributed by atoms with Gasteiger partial charge in [0, 0.05) is 32.6 Å². The van der Waals surface area contributed by atoms with Gasteiger partial charge in [0.15, 0.2) is 0 Å². The van der Waals surface area contributed by atoms with Crippen molar-refractivity contribution in [1.29, 1.82) is 0 Å². The van der Waals surface area contributed by atoms with E-state index >= 15 is 0 Å². The Bertz CT molecular complexity index is 867. The van der Waals surface area contributed by atoms with E-state index in [1.807, 2.05) is 17.0 Å². The number of hydrogen-bond acceptors (Lipinski definition) is 2. The highest BCUT2D eigenvalue weighted by molar-refractivity contribution is 5.89. The maximum Gasteiger partial charge on any atom is 0.228 e. The van der Waals surface area contributed by atoms with Crippen LogP contribution in [0.25, 0.3) is 0 Å². The van der Waals surface area contributed by atoms with Gasteiger partial charge in [-0.1, -0.05) is 42.5 Å². The van der Waals surface area contributed by atoms with Crippen LogP contribution in [-0.2, 0) is 29.0 Å². The minimum atomic E-state index is -0.289. The van der Waals surface area contributed by atoms with Gasteiger partial charge in [-0.15, -0.1) is 0 Å². The van der Waals surface area contributed by atoms with E-state index in [9.17, 15) is 14.0 Å². The molecule has 1 unspecified atom stereocenters. The number of rotatable bonds is 4. The van der Waals surface area contributed by atoms with Crippen molar-refractivity contribution in [2.75, 3.05) is 19.6 Å². The van der Waals surface area contributed by atoms with E-state index in [4.69, 9.17) is 0 Å². The van der Waals surface area contributed by atoms with Crippen LogP contribution in [0.15, 0.2) is 48.5 Å². The molecule has 0 bridgehead atoms. The third kappa shape index (κ3) is 3.72. The van der Waals surface area contributed by atoms with Crippen molar-refractivity contribution in [1.82, 2.24) is 9.80 Å². The summed E-state index contributed by atoms with van der Waals surface area (Å²) in [7, 11) is 0. The van der Waals surface area contributed by atoms with Crippen LogP contribution in [0.3, 0.4) is 0 Å². The summed E-state index contributed by atoms with van der Waals surface area (Å²) in [5.41, 5.74) is 3.10. The van der Waals surface area contributed by atoms with Gasteiger partial charge in [0.1, 0.15) is 5.82 Å². The van der Waals surface area contributed by atoms with Gasteiger partial charge in [-0.2, -0.15) is 0 Å². The first-order valence-corrected chi connectivity index (χ1v) is 9.48. The Morgan fingerprint density at radius 2 is 1.81 bits per heavy atom. The van der Waals surface area contributed by atoms with Crippen molar-refractivity contribution in [2.24, 2.45) is 5.92 Å². The largest absolute Gasteiger partial charge is 0.342 e. The lowest BCUT2D eigenvalue weighted by molar-refractivity contribution is -0.136. The van der Waals surface area contributed by atoms with Crippen LogP contribution < -0.4 is 0 Å². The highest BCUT2D eigenvalue weighted by Gasteiger charge is 2.37. The van der Waals surface area contributed by atoms with Crippen LogP contribution in [0.4, 0.5) is 4.39 Å². The molecule has 0 spiro atoms. The van der Waals surface area contributed by atoms with Gasteiger partial charge in [0.2, 0.25) is 11.8 Å². The molecule has 4 nitrogen and oxygen atoms in total. The van der Waals surface area contributed by atoms with Crippen molar-refractivity contribution < 1.29 is 14.0 Å². The van der Waals surface area contributed by atoms with E-state index in [1.54, 1.807) is 23.1 Å². The lowest BCUT2D eigenvalue weighted by Gasteiger charge is -2.30. The number of carbonyl (C=O) groups excluding carboxylic acids is 2. The molecule has 1 saturated heterocycles. The zero-order valence-corrected chi connectivity index (χ0v) is 15.2. The summed E-state index contributed by atoms with van der Waals surface area (Å²) in [4.78, 5) is 28.8. The molecule has 2 amide bonds. The minimum Gasteiger partial charge on any atom is -0.342 e. The van der Waals surface area contributed by atoms with E-state index in [2.05, 4.69) is 12.1 Å². The number of carbonyl (C=O) groups is 2. The average Bonchev–Trinajstić information content (AvgIpc) is 3.07. The molecule has 1 fully saturated rings. The van der Waals surface area contributed by atoms with Crippen molar-refractivity contribution in [3.05, 3.63) is 71.0 Å². The molecule has 0 aromatic heterocycles. The highest BCUT2D eigenvalue weighted by atomic mass is 19.1. The molecule has 27 heavy (non-hydrogen) atoms. The average molecular weight is 366 g/mol. The molecule has 4 rings (SSSR count). The van der Waals surface area contributed by atoms with Crippen molar-refractivity contribution >= 4 is 11.8 Å². The summed E-state index contributed by atoms with van der Waals surface area (Å²) < 4.78 is 13.8. The third-order valence-corrected chi connectivity index (χ3v) is 5.61. The second-order valence-electron chi connectivity index (χ2n) is 7.36. The van der Waals surface area contributed by atoms with Crippen molar-refractivity contribution in [3.8, 4) is 0 Å². The van der Waals surface area contributed by atoms with Crippen LogP contribution in [-0.4, -0.2) is 41.2 Å². The molecule has 0 radical (unpaired) electrons. The molecule has 2 aliphatic heterocycles. The molecule has 2 aromatic carbocycles. The Balaban J connectivity index is 1.36. The second kappa shape index (κ2) is 7.51. The molecule has 1 atom stereocenters. The van der Waals surface area contributed by atoms with Crippen LogP contribution in [0, 0.1) is 11.7 Å². The number of hydrogen-bond donors (Lipinski definition) is 0. The first-order chi connectivity index (χ1) is 13.1. The van der Waals surface area contributed by atoms with E-state index in [0.717, 1.165) is 6.42 Å². The molecule has 0 N–H and O–H groups in total. The standard InChI is InChI=1S/C22H23FN2O2/c23-20-8-4-3-6-17(20)10-11-24-15-19(13-21(24)26)22(27)25-12-9-16-5-1-2-7-18(16)14-25/h1-8,19H,9-15H2. The molecular formula is C22H23FN2O2. The Morgan fingerprint density at radius 1 is 1.07 bits per heavy atom. The van der Waals surface area contributed by atoms with Crippen LogP contribution in [0.1, 0.15) is 23.1 Å². The SMILES string of the molecule is O=C1CC(C(=O)N2CCc3ccccc3C2)CN1CCc1ccccc1F. The predicted octanol–water partition coefficient (Wildman–Crippen LogP) is 2.80. The smallest absolute Gasteiger partial charge is 0.228 e. The van der Waals surface area contributed by atoms with E-state index in [1.165, 1.54) is 17.2 Å². The second-order valence-corrected chi connectivity index (χ2v) is 7.36. The Morgan fingerprint density at radius 3 is 2.63 bits per heavy atom. The van der Waals surface area contributed by atoms with Crippen molar-refractivity contribution in [2.45, 2.75) is 25.8 Å². The fourth-order valence-electron chi connectivity index (χ4n) is 4.05. The lowest BCUT2D eigenvalue weighted by atomic mass is 9.98. The monoisotopic (exact) mass is 366 g/mol. The highest BCUT2D eigenvalue weighted by Crippen LogP contribution is 2.25. The van der Waals surface area contributed by atoms with Gasteiger partial charge in [-0.25, -0.2) is 4.39 Å². The Labute approximate surface area is 158 Å². The van der Waals surface area contributed by atoms with Crippen molar-refractivity contribution in [3.63, 3.8) is 0 Å². The zero-order chi connectivity index (χ0) is 18.8. The Hall–Kier alpha value is -2.69. The Kier molecular flexibility index (Phi) is 4.92. The van der Waals surface area contributed by atoms with Gasteiger partial charge in [-0.05, 0) is 35.6 Å². The number of amides is 2. The lowest BCUT2D eigenvalue weighted by Crippen LogP contribution is -2.40. The summed E-state index contributed by atoms with van der Waals surface area (Å²) in [6.07, 6.45) is 1.59. The summed E-state index contributed by atoms with van der Waals surface area (Å²) in [5.74, 6) is -0.486. The van der Waals surface area contributed by atoms with E-state index in [-0.39, 0.29) is 30.0 Å². The van der Waals surface area contributed by atoms with Gasteiger partial charge in [0.25, 0.3) is 0 Å². The van der Waals surface area contributed by atoms with Gasteiger partial charge in [0.05, 0.1) is 5.92 Å². The normalized spacial score (nSPS) is 19.3. The summed E-state index contributed by atoms with van der Waals surface area (Å²) in [5, 5.41) is 0. The van der Waals surface area contributed by atoms with Gasteiger partial charge in [-0.3, -0.25) is 9.59 Å². The molecule has 5 heteroatoms. The molecule has 2 aliphatic rings. The van der Waals surface area contributed by atoms with Crippen LogP contribution in [0.2, 0.25) is 0 Å². The first-order valence-electron chi connectivity index (χ1n) is 9.48. The molecule has 2 heterocycles. The van der Waals surface area contributed by atoms with Gasteiger partial charge >= 0.3 is 0 Å². The number of benzene rings is 2. The molecule has 0 aliphatic carbocycles. The maximum absolute atomic E-state index is 13.8. The fourth-order valence-corrected chi connectivity index (χ4v) is 4.05. The third-order valence-electron chi connectivity index (χ3n) is 5.61. The minimum absolute atomic E-state index is 0.0119. The quantitative estimate of drug-likeness (QED) is 0.835. The zero-order valence-electron chi connectivity index (χ0n) is 15.2. The number of nitrogens with zero attached hydrogens (tertiary/aromatic N) is 2. The molecular weight excluding hydrogens is 343 g/mol. The predicted molar refractivity (Wildman–Crippen MR) is 100 cm³/mol. The number of fused-ring (bicyclic) bond motifs is 1.